The largest absolute Gasteiger partial charge is 0.489 e. The molecule has 0 bridgehead atoms. The molecule has 1 aromatic carbocycles. The Labute approximate surface area is 180 Å². The van der Waals surface area contributed by atoms with Crippen LogP contribution in [0.1, 0.15) is 39.5 Å². The second-order valence-corrected chi connectivity index (χ2v) is 10.8. The first-order valence-corrected chi connectivity index (χ1v) is 13.2. The molecule has 4 aromatic heterocycles. The Kier molecular flexibility index (Phi) is 5.22. The van der Waals surface area contributed by atoms with E-state index in [0.717, 1.165) is 50.4 Å². The van der Waals surface area contributed by atoms with Gasteiger partial charge in [-0.3, -0.25) is 0 Å². The number of benzene rings is 1. The average molecular weight is 447 g/mol. The molecule has 0 saturated carbocycles. The molecule has 0 unspecified atom stereocenters. The number of rotatable bonds is 8. The van der Waals surface area contributed by atoms with Crippen molar-refractivity contribution in [3.8, 4) is 11.5 Å². The van der Waals surface area contributed by atoms with E-state index in [1.54, 1.807) is 0 Å². The van der Waals surface area contributed by atoms with Crippen LogP contribution in [0.25, 0.3) is 39.0 Å². The van der Waals surface area contributed by atoms with Crippen molar-refractivity contribution >= 4 is 84.3 Å². The highest BCUT2D eigenvalue weighted by Gasteiger charge is 2.25. The summed E-state index contributed by atoms with van der Waals surface area (Å²) in [6.45, 7) is 5.89. The van der Waals surface area contributed by atoms with E-state index >= 15 is 0 Å². The van der Waals surface area contributed by atoms with Gasteiger partial charge >= 0.3 is 0 Å². The molecule has 0 fully saturated rings. The van der Waals surface area contributed by atoms with E-state index in [1.165, 1.54) is 39.0 Å². The zero-order valence-electron chi connectivity index (χ0n) is 16.0. The van der Waals surface area contributed by atoms with Crippen molar-refractivity contribution in [2.75, 3.05) is 13.2 Å². The van der Waals surface area contributed by atoms with Crippen molar-refractivity contribution in [2.24, 2.45) is 0 Å². The van der Waals surface area contributed by atoms with Crippen molar-refractivity contribution in [2.45, 2.75) is 39.5 Å². The van der Waals surface area contributed by atoms with E-state index in [0.29, 0.717) is 0 Å². The molecule has 0 atom stereocenters. The molecule has 0 aliphatic heterocycles. The van der Waals surface area contributed by atoms with Gasteiger partial charge in [0.05, 0.1) is 42.8 Å². The number of hydrogen-bond donors (Lipinski definition) is 0. The molecular formula is C22H22O2S4. The molecule has 0 aliphatic carbocycles. The van der Waals surface area contributed by atoms with Crippen LogP contribution in [0.15, 0.2) is 22.9 Å². The number of unbranched alkanes of at least 4 members (excludes halogenated alkanes) is 2. The molecule has 0 saturated heterocycles. The van der Waals surface area contributed by atoms with Gasteiger partial charge in [-0.05, 0) is 35.7 Å². The van der Waals surface area contributed by atoms with Crippen LogP contribution in [0.2, 0.25) is 0 Å². The maximum atomic E-state index is 6.46. The van der Waals surface area contributed by atoms with Crippen molar-refractivity contribution in [1.29, 1.82) is 0 Å². The summed E-state index contributed by atoms with van der Waals surface area (Å²) < 4.78 is 21.0. The molecule has 2 nitrogen and oxygen atoms in total. The molecule has 6 heteroatoms. The summed E-state index contributed by atoms with van der Waals surface area (Å²) in [6, 6.07) is 4.47. The molecule has 0 amide bonds. The van der Waals surface area contributed by atoms with Gasteiger partial charge < -0.3 is 9.47 Å². The molecule has 4 heterocycles. The summed E-state index contributed by atoms with van der Waals surface area (Å²) in [5, 5.41) is 6.90. The minimum Gasteiger partial charge on any atom is -0.489 e. The first-order valence-electron chi connectivity index (χ1n) is 9.84. The van der Waals surface area contributed by atoms with Gasteiger partial charge in [-0.25, -0.2) is 0 Å². The number of fused-ring (bicyclic) bond motifs is 7. The monoisotopic (exact) mass is 446 g/mol. The van der Waals surface area contributed by atoms with Gasteiger partial charge in [0.25, 0.3) is 0 Å². The van der Waals surface area contributed by atoms with E-state index in [9.17, 15) is 0 Å². The van der Waals surface area contributed by atoms with Crippen molar-refractivity contribution < 1.29 is 9.47 Å². The minimum atomic E-state index is 0.738. The van der Waals surface area contributed by atoms with Crippen molar-refractivity contribution in [3.63, 3.8) is 0 Å². The van der Waals surface area contributed by atoms with Gasteiger partial charge in [-0.2, -0.15) is 0 Å². The third-order valence-electron chi connectivity index (χ3n) is 4.95. The molecular weight excluding hydrogens is 425 g/mol. The van der Waals surface area contributed by atoms with Crippen LogP contribution in [-0.4, -0.2) is 13.2 Å². The Balaban J connectivity index is 1.85. The SMILES string of the molecule is CCCCOc1c(OCCCC)c2c3sccc3sc2c2sc3ccsc3c12. The summed E-state index contributed by atoms with van der Waals surface area (Å²) in [7, 11) is 0. The molecule has 0 aliphatic rings. The van der Waals surface area contributed by atoms with Crippen LogP contribution in [0, 0.1) is 0 Å². The number of ether oxygens (including phenoxy) is 2. The third-order valence-corrected chi connectivity index (χ3v) is 9.54. The van der Waals surface area contributed by atoms with Gasteiger partial charge in [0, 0.05) is 9.40 Å². The number of hydrogen-bond acceptors (Lipinski definition) is 6. The highest BCUT2D eigenvalue weighted by atomic mass is 32.1. The standard InChI is InChI=1S/C22H22O2S4/c1-3-5-9-23-17-15-19-13(7-11-25-19)27-21(15)22-16(18(17)24-10-6-4-2)20-14(28-22)8-12-26-20/h7-8,11-12H,3-6,9-10H2,1-2H3. The normalized spacial score (nSPS) is 12.1. The van der Waals surface area contributed by atoms with E-state index in [-0.39, 0.29) is 0 Å². The van der Waals surface area contributed by atoms with Gasteiger partial charge in [-0.15, -0.1) is 45.3 Å². The Hall–Kier alpha value is -1.34. The van der Waals surface area contributed by atoms with Crippen LogP contribution in [0.4, 0.5) is 0 Å². The Morgan fingerprint density at radius 3 is 1.57 bits per heavy atom. The molecule has 0 spiro atoms. The van der Waals surface area contributed by atoms with Crippen LogP contribution in [0.3, 0.4) is 0 Å². The minimum absolute atomic E-state index is 0.738. The van der Waals surface area contributed by atoms with Gasteiger partial charge in [0.15, 0.2) is 11.5 Å². The molecule has 0 N–H and O–H groups in total. The first-order chi connectivity index (χ1) is 13.8. The van der Waals surface area contributed by atoms with Crippen LogP contribution in [0.5, 0.6) is 11.5 Å². The molecule has 28 heavy (non-hydrogen) atoms. The topological polar surface area (TPSA) is 18.5 Å². The summed E-state index contributed by atoms with van der Waals surface area (Å²) in [4.78, 5) is 0. The lowest BCUT2D eigenvalue weighted by atomic mass is 10.1. The summed E-state index contributed by atoms with van der Waals surface area (Å²) in [6.07, 6.45) is 4.37. The first kappa shape index (κ1) is 18.7. The van der Waals surface area contributed by atoms with Crippen LogP contribution < -0.4 is 9.47 Å². The zero-order chi connectivity index (χ0) is 19.1. The highest BCUT2D eigenvalue weighted by molar-refractivity contribution is 7.38. The summed E-state index contributed by atoms with van der Waals surface area (Å²) in [5.74, 6) is 1.93. The maximum absolute atomic E-state index is 6.46. The predicted molar refractivity (Wildman–Crippen MR) is 129 cm³/mol. The fourth-order valence-electron chi connectivity index (χ4n) is 3.52. The second kappa shape index (κ2) is 7.82. The molecule has 146 valence electrons. The van der Waals surface area contributed by atoms with Gasteiger partial charge in [0.1, 0.15) is 0 Å². The van der Waals surface area contributed by atoms with E-state index in [2.05, 4.69) is 36.7 Å². The maximum Gasteiger partial charge on any atom is 0.172 e. The third kappa shape index (κ3) is 2.93. The summed E-state index contributed by atoms with van der Waals surface area (Å²) >= 11 is 7.42. The summed E-state index contributed by atoms with van der Waals surface area (Å²) in [5.41, 5.74) is 0. The van der Waals surface area contributed by atoms with Crippen molar-refractivity contribution in [3.05, 3.63) is 22.9 Å². The second-order valence-electron chi connectivity index (χ2n) is 6.90. The number of thiophene rings is 4. The predicted octanol–water partition coefficient (Wildman–Crippen LogP) is 8.90. The lowest BCUT2D eigenvalue weighted by Gasteiger charge is -2.16. The van der Waals surface area contributed by atoms with Crippen LogP contribution in [-0.2, 0) is 0 Å². The Morgan fingerprint density at radius 1 is 0.679 bits per heavy atom. The molecule has 5 rings (SSSR count). The van der Waals surface area contributed by atoms with Crippen LogP contribution >= 0.6 is 45.3 Å². The highest BCUT2D eigenvalue weighted by Crippen LogP contribution is 2.55. The van der Waals surface area contributed by atoms with Gasteiger partial charge in [0.2, 0.25) is 0 Å². The molecule has 0 radical (unpaired) electrons. The Bertz CT molecular complexity index is 1160. The fourth-order valence-corrected chi connectivity index (χ4v) is 8.37. The lowest BCUT2D eigenvalue weighted by Crippen LogP contribution is -2.03. The fraction of sp³-hybridized carbons (Fsp3) is 0.364. The quantitative estimate of drug-likeness (QED) is 0.221. The zero-order valence-corrected chi connectivity index (χ0v) is 19.3. The van der Waals surface area contributed by atoms with E-state index in [1.807, 2.05) is 45.3 Å². The smallest absolute Gasteiger partial charge is 0.172 e. The van der Waals surface area contributed by atoms with E-state index < -0.39 is 0 Å². The van der Waals surface area contributed by atoms with E-state index in [4.69, 9.17) is 9.47 Å². The van der Waals surface area contributed by atoms with Gasteiger partial charge in [-0.1, -0.05) is 26.7 Å². The average Bonchev–Trinajstić information content (AvgIpc) is 3.43. The van der Waals surface area contributed by atoms with Crippen molar-refractivity contribution in [1.82, 2.24) is 0 Å². The lowest BCUT2D eigenvalue weighted by molar-refractivity contribution is 0.267. The molecule has 5 aromatic rings. The Morgan fingerprint density at radius 2 is 1.14 bits per heavy atom.